The molecule has 0 saturated heterocycles. The van der Waals surface area contributed by atoms with Crippen LogP contribution in [0.15, 0.2) is 0 Å². The molecule has 1 heteroatoms. The minimum atomic E-state index is 0.983. The van der Waals surface area contributed by atoms with Gasteiger partial charge < -0.3 is 0 Å². The van der Waals surface area contributed by atoms with Crippen LogP contribution in [-0.4, -0.2) is 24.0 Å². The van der Waals surface area contributed by atoms with Crippen molar-refractivity contribution in [2.24, 2.45) is 11.8 Å². The maximum absolute atomic E-state index is 2.86. The van der Waals surface area contributed by atoms with Gasteiger partial charge in [0.15, 0.2) is 0 Å². The van der Waals surface area contributed by atoms with Gasteiger partial charge in [0.05, 0.1) is 0 Å². The molecule has 0 aliphatic heterocycles. The molecule has 3 saturated carbocycles. The molecule has 3 aliphatic carbocycles. The first-order chi connectivity index (χ1) is 6.92. The van der Waals surface area contributed by atoms with Gasteiger partial charge in [0, 0.05) is 19.1 Å². The van der Waals surface area contributed by atoms with Crippen molar-refractivity contribution in [2.45, 2.75) is 57.4 Å². The van der Waals surface area contributed by atoms with Crippen molar-refractivity contribution in [3.8, 4) is 0 Å². The maximum Gasteiger partial charge on any atom is 0.00954 e. The Hall–Kier alpha value is -0.0400. The van der Waals surface area contributed by atoms with E-state index < -0.39 is 0 Å². The first-order valence-electron chi connectivity index (χ1n) is 6.66. The van der Waals surface area contributed by atoms with E-state index in [1.807, 2.05) is 0 Å². The third kappa shape index (κ3) is 2.31. The van der Waals surface area contributed by atoms with E-state index in [2.05, 4.69) is 4.90 Å². The highest BCUT2D eigenvalue weighted by Crippen LogP contribution is 2.36. The summed E-state index contributed by atoms with van der Waals surface area (Å²) in [5.74, 6) is 2.18. The highest BCUT2D eigenvalue weighted by Gasteiger charge is 2.33. The summed E-state index contributed by atoms with van der Waals surface area (Å²) < 4.78 is 0. The van der Waals surface area contributed by atoms with Gasteiger partial charge in [-0.1, -0.05) is 12.8 Å². The molecule has 0 aromatic rings. The van der Waals surface area contributed by atoms with Gasteiger partial charge in [0.25, 0.3) is 0 Å². The summed E-state index contributed by atoms with van der Waals surface area (Å²) in [5.41, 5.74) is 0. The molecule has 3 fully saturated rings. The highest BCUT2D eigenvalue weighted by molar-refractivity contribution is 4.87. The molecule has 0 heterocycles. The summed E-state index contributed by atoms with van der Waals surface area (Å²) >= 11 is 0. The Morgan fingerprint density at radius 1 is 0.714 bits per heavy atom. The smallest absolute Gasteiger partial charge is 0.00954 e. The quantitative estimate of drug-likeness (QED) is 0.648. The molecule has 0 bridgehead atoms. The summed E-state index contributed by atoms with van der Waals surface area (Å²) in [6.45, 7) is 2.89. The zero-order valence-corrected chi connectivity index (χ0v) is 9.25. The van der Waals surface area contributed by atoms with Crippen LogP contribution in [-0.2, 0) is 0 Å². The van der Waals surface area contributed by atoms with E-state index in [-0.39, 0.29) is 0 Å². The van der Waals surface area contributed by atoms with E-state index in [0.717, 1.165) is 17.9 Å². The average Bonchev–Trinajstić information content (AvgIpc) is 3.10. The van der Waals surface area contributed by atoms with Gasteiger partial charge in [-0.15, -0.1) is 0 Å². The Morgan fingerprint density at radius 2 is 1.21 bits per heavy atom. The van der Waals surface area contributed by atoms with Crippen LogP contribution in [0.4, 0.5) is 0 Å². The zero-order chi connectivity index (χ0) is 9.38. The van der Waals surface area contributed by atoms with E-state index in [1.165, 1.54) is 64.5 Å². The number of nitrogens with zero attached hydrogens (tertiary/aromatic N) is 1. The standard InChI is InChI=1S/C13H23N/c1-2-4-13(3-1)14(9-11-5-6-11)10-12-7-8-12/h11-13H,1-10H2. The summed E-state index contributed by atoms with van der Waals surface area (Å²) in [7, 11) is 0. The van der Waals surface area contributed by atoms with Crippen LogP contribution in [0.1, 0.15) is 51.4 Å². The topological polar surface area (TPSA) is 3.24 Å². The van der Waals surface area contributed by atoms with E-state index in [0.29, 0.717) is 0 Å². The molecule has 0 radical (unpaired) electrons. The van der Waals surface area contributed by atoms with Crippen LogP contribution in [0.3, 0.4) is 0 Å². The van der Waals surface area contributed by atoms with Crippen molar-refractivity contribution in [1.82, 2.24) is 4.90 Å². The number of rotatable bonds is 5. The lowest BCUT2D eigenvalue weighted by Gasteiger charge is -2.28. The van der Waals surface area contributed by atoms with Crippen molar-refractivity contribution >= 4 is 0 Å². The Kier molecular flexibility index (Phi) is 2.53. The lowest BCUT2D eigenvalue weighted by atomic mass is 10.2. The predicted molar refractivity (Wildman–Crippen MR) is 59.3 cm³/mol. The van der Waals surface area contributed by atoms with Gasteiger partial charge in [-0.05, 0) is 50.4 Å². The maximum atomic E-state index is 2.86. The SMILES string of the molecule is C1CCC(N(CC2CC2)CC2CC2)C1. The van der Waals surface area contributed by atoms with Gasteiger partial charge in [0.2, 0.25) is 0 Å². The molecular formula is C13H23N. The monoisotopic (exact) mass is 193 g/mol. The van der Waals surface area contributed by atoms with Gasteiger partial charge >= 0.3 is 0 Å². The van der Waals surface area contributed by atoms with Gasteiger partial charge in [-0.2, -0.15) is 0 Å². The fraction of sp³-hybridized carbons (Fsp3) is 1.00. The van der Waals surface area contributed by atoms with Crippen molar-refractivity contribution < 1.29 is 0 Å². The van der Waals surface area contributed by atoms with Crippen molar-refractivity contribution in [1.29, 1.82) is 0 Å². The lowest BCUT2D eigenvalue weighted by Crippen LogP contribution is -2.36. The van der Waals surface area contributed by atoms with Gasteiger partial charge in [-0.25, -0.2) is 0 Å². The van der Waals surface area contributed by atoms with Crippen LogP contribution in [0.2, 0.25) is 0 Å². The molecule has 0 atom stereocenters. The van der Waals surface area contributed by atoms with Crippen LogP contribution >= 0.6 is 0 Å². The first kappa shape index (κ1) is 9.21. The van der Waals surface area contributed by atoms with E-state index >= 15 is 0 Å². The largest absolute Gasteiger partial charge is 0.300 e. The molecular weight excluding hydrogens is 170 g/mol. The zero-order valence-electron chi connectivity index (χ0n) is 9.25. The van der Waals surface area contributed by atoms with Crippen molar-refractivity contribution in [3.63, 3.8) is 0 Å². The molecule has 0 aromatic carbocycles. The van der Waals surface area contributed by atoms with E-state index in [1.54, 1.807) is 0 Å². The summed E-state index contributed by atoms with van der Waals surface area (Å²) in [4.78, 5) is 2.86. The first-order valence-corrected chi connectivity index (χ1v) is 6.66. The lowest BCUT2D eigenvalue weighted by molar-refractivity contribution is 0.182. The second kappa shape index (κ2) is 3.84. The molecule has 0 unspecified atom stereocenters. The van der Waals surface area contributed by atoms with E-state index in [4.69, 9.17) is 0 Å². The predicted octanol–water partition coefficient (Wildman–Crippen LogP) is 3.05. The minimum Gasteiger partial charge on any atom is -0.300 e. The van der Waals surface area contributed by atoms with Crippen LogP contribution in [0, 0.1) is 11.8 Å². The second-order valence-electron chi connectivity index (χ2n) is 5.78. The average molecular weight is 193 g/mol. The van der Waals surface area contributed by atoms with Crippen molar-refractivity contribution in [3.05, 3.63) is 0 Å². The Labute approximate surface area is 87.9 Å². The second-order valence-corrected chi connectivity index (χ2v) is 5.78. The van der Waals surface area contributed by atoms with Crippen molar-refractivity contribution in [2.75, 3.05) is 13.1 Å². The molecule has 1 nitrogen and oxygen atoms in total. The normalized spacial score (nSPS) is 28.9. The fourth-order valence-corrected chi connectivity index (χ4v) is 2.91. The molecule has 3 aliphatic rings. The molecule has 3 rings (SSSR count). The molecule has 0 aromatic heterocycles. The summed E-state index contributed by atoms with van der Waals surface area (Å²) in [6, 6.07) is 0.983. The molecule has 0 spiro atoms. The molecule has 80 valence electrons. The number of hydrogen-bond acceptors (Lipinski definition) is 1. The molecule has 0 amide bonds. The number of hydrogen-bond donors (Lipinski definition) is 0. The Bertz CT molecular complexity index is 173. The van der Waals surface area contributed by atoms with Crippen LogP contribution in [0.25, 0.3) is 0 Å². The van der Waals surface area contributed by atoms with Gasteiger partial charge in [-0.3, -0.25) is 4.90 Å². The van der Waals surface area contributed by atoms with Crippen LogP contribution in [0.5, 0.6) is 0 Å². The Balaban J connectivity index is 1.53. The summed E-state index contributed by atoms with van der Waals surface area (Å²) in [5, 5.41) is 0. The minimum absolute atomic E-state index is 0.983. The fourth-order valence-electron chi connectivity index (χ4n) is 2.91. The molecule has 0 N–H and O–H groups in total. The molecule has 14 heavy (non-hydrogen) atoms. The van der Waals surface area contributed by atoms with Crippen LogP contribution < -0.4 is 0 Å². The highest BCUT2D eigenvalue weighted by atomic mass is 15.2. The Morgan fingerprint density at radius 3 is 1.64 bits per heavy atom. The third-order valence-electron chi connectivity index (χ3n) is 4.22. The van der Waals surface area contributed by atoms with E-state index in [9.17, 15) is 0 Å². The van der Waals surface area contributed by atoms with Gasteiger partial charge in [0.1, 0.15) is 0 Å². The summed E-state index contributed by atoms with van der Waals surface area (Å²) in [6.07, 6.45) is 12.1. The third-order valence-corrected chi connectivity index (χ3v) is 4.22.